The minimum absolute atomic E-state index is 0.0186. The molecule has 30 heavy (non-hydrogen) atoms. The van der Waals surface area contributed by atoms with Gasteiger partial charge in [0.25, 0.3) is 0 Å². The molecule has 1 aliphatic heterocycles. The van der Waals surface area contributed by atoms with Crippen molar-refractivity contribution in [3.05, 3.63) is 41.5 Å². The maximum absolute atomic E-state index is 11.4. The number of fused-ring (bicyclic) bond motifs is 3. The highest BCUT2D eigenvalue weighted by molar-refractivity contribution is 5.69. The highest BCUT2D eigenvalue weighted by atomic mass is 16.5. The van der Waals surface area contributed by atoms with E-state index in [-0.39, 0.29) is 30.0 Å². The molecule has 0 aromatic heterocycles. The van der Waals surface area contributed by atoms with Crippen LogP contribution >= 0.6 is 0 Å². The summed E-state index contributed by atoms with van der Waals surface area (Å²) in [6.45, 7) is 6.32. The minimum Gasteiger partial charge on any atom is -0.489 e. The van der Waals surface area contributed by atoms with E-state index in [1.165, 1.54) is 12.7 Å². The van der Waals surface area contributed by atoms with Gasteiger partial charge in [0.15, 0.2) is 0 Å². The summed E-state index contributed by atoms with van der Waals surface area (Å²) in [7, 11) is 1.42. The summed E-state index contributed by atoms with van der Waals surface area (Å²) in [5.74, 6) is 8.06. The average Bonchev–Trinajstić information content (AvgIpc) is 3.25. The van der Waals surface area contributed by atoms with Crippen LogP contribution in [0.1, 0.15) is 63.5 Å². The predicted molar refractivity (Wildman–Crippen MR) is 118 cm³/mol. The molecule has 3 rings (SSSR count). The standard InChI is InChI=1S/C26H34O4/c1-5-6-9-17(2)18(3)14-15-20-22(27)16-23-25(20)21-12-7-10-19(26(21)30-23)11-8-13-24(28)29-4/h7,10,12,14-15,17-18,20,22-23,25,27H,8-9,11,13,16H2,1-4H3/b15-14+/t17-,18+,20-,22+,23-,25-/m0/s1. The first kappa shape index (κ1) is 22.4. The summed E-state index contributed by atoms with van der Waals surface area (Å²) in [5, 5.41) is 10.7. The molecule has 1 heterocycles. The Morgan fingerprint density at radius 2 is 2.20 bits per heavy atom. The van der Waals surface area contributed by atoms with Crippen LogP contribution in [0.2, 0.25) is 0 Å². The summed E-state index contributed by atoms with van der Waals surface area (Å²) in [4.78, 5) is 11.4. The first-order valence-corrected chi connectivity index (χ1v) is 11.1. The van der Waals surface area contributed by atoms with Crippen molar-refractivity contribution >= 4 is 5.97 Å². The van der Waals surface area contributed by atoms with Gasteiger partial charge in [0.05, 0.1) is 13.2 Å². The van der Waals surface area contributed by atoms with Crippen molar-refractivity contribution in [2.75, 3.05) is 7.11 Å². The molecule has 6 atom stereocenters. The van der Waals surface area contributed by atoms with Crippen molar-refractivity contribution in [3.63, 3.8) is 0 Å². The Morgan fingerprint density at radius 1 is 1.40 bits per heavy atom. The van der Waals surface area contributed by atoms with Gasteiger partial charge >= 0.3 is 5.97 Å². The lowest BCUT2D eigenvalue weighted by molar-refractivity contribution is -0.140. The topological polar surface area (TPSA) is 55.8 Å². The van der Waals surface area contributed by atoms with E-state index < -0.39 is 0 Å². The molecule has 0 saturated heterocycles. The second-order valence-electron chi connectivity index (χ2n) is 8.68. The second-order valence-corrected chi connectivity index (χ2v) is 8.68. The van der Waals surface area contributed by atoms with E-state index >= 15 is 0 Å². The van der Waals surface area contributed by atoms with Gasteiger partial charge in [0.2, 0.25) is 0 Å². The van der Waals surface area contributed by atoms with Crippen LogP contribution in [0, 0.1) is 29.6 Å². The number of methoxy groups -OCH3 is 1. The fourth-order valence-electron chi connectivity index (χ4n) is 4.63. The number of aliphatic hydroxyl groups excluding tert-OH is 1. The van der Waals surface area contributed by atoms with Crippen LogP contribution in [0.5, 0.6) is 5.75 Å². The summed E-state index contributed by atoms with van der Waals surface area (Å²) in [6.07, 6.45) is 7.57. The third-order valence-electron chi connectivity index (χ3n) is 6.68. The van der Waals surface area contributed by atoms with Gasteiger partial charge in [-0.1, -0.05) is 44.2 Å². The number of rotatable bonds is 8. The van der Waals surface area contributed by atoms with Gasteiger partial charge in [0, 0.05) is 36.7 Å². The number of esters is 1. The average molecular weight is 411 g/mol. The van der Waals surface area contributed by atoms with E-state index in [1.54, 1.807) is 0 Å². The molecule has 2 aliphatic rings. The number of allylic oxidation sites excluding steroid dienone is 1. The van der Waals surface area contributed by atoms with Gasteiger partial charge in [-0.3, -0.25) is 4.79 Å². The summed E-state index contributed by atoms with van der Waals surface area (Å²) >= 11 is 0. The van der Waals surface area contributed by atoms with Crippen LogP contribution in [0.4, 0.5) is 0 Å². The van der Waals surface area contributed by atoms with E-state index in [9.17, 15) is 9.90 Å². The molecule has 1 aromatic carbocycles. The number of carbonyl (C=O) groups is 1. The molecule has 1 N–H and O–H groups in total. The van der Waals surface area contributed by atoms with Crippen molar-refractivity contribution in [3.8, 4) is 17.6 Å². The number of hydrogen-bond acceptors (Lipinski definition) is 4. The highest BCUT2D eigenvalue weighted by Crippen LogP contribution is 2.52. The molecule has 0 amide bonds. The van der Waals surface area contributed by atoms with Crippen LogP contribution in [-0.2, 0) is 16.0 Å². The Labute approximate surface area is 180 Å². The normalized spacial score (nSPS) is 26.3. The molecular formula is C26H34O4. The fraction of sp³-hybridized carbons (Fsp3) is 0.577. The van der Waals surface area contributed by atoms with Gasteiger partial charge < -0.3 is 14.6 Å². The Balaban J connectivity index is 1.73. The molecule has 0 spiro atoms. The zero-order valence-electron chi connectivity index (χ0n) is 18.6. The molecule has 1 aromatic rings. The van der Waals surface area contributed by atoms with Crippen LogP contribution in [0.25, 0.3) is 0 Å². The molecule has 0 bridgehead atoms. The largest absolute Gasteiger partial charge is 0.489 e. The number of para-hydroxylation sites is 1. The lowest BCUT2D eigenvalue weighted by atomic mass is 9.85. The quantitative estimate of drug-likeness (QED) is 0.385. The SMILES string of the molecule is CC#CC[C@H](C)[C@H](C)/C=C/[C@@H]1[C@H]2c3cccc(CCCC(=O)OC)c3O[C@H]2C[C@H]1O. The molecule has 1 saturated carbocycles. The highest BCUT2D eigenvalue weighted by Gasteiger charge is 2.48. The predicted octanol–water partition coefficient (Wildman–Crippen LogP) is 4.65. The zero-order valence-corrected chi connectivity index (χ0v) is 18.6. The first-order chi connectivity index (χ1) is 14.5. The molecule has 4 heteroatoms. The molecule has 1 aliphatic carbocycles. The van der Waals surface area contributed by atoms with Gasteiger partial charge in [-0.2, -0.15) is 0 Å². The number of aryl methyl sites for hydroxylation is 1. The van der Waals surface area contributed by atoms with Crippen LogP contribution < -0.4 is 4.74 Å². The van der Waals surface area contributed by atoms with Crippen molar-refractivity contribution < 1.29 is 19.4 Å². The van der Waals surface area contributed by atoms with Crippen molar-refractivity contribution in [1.29, 1.82) is 0 Å². The molecule has 0 unspecified atom stereocenters. The third-order valence-corrected chi connectivity index (χ3v) is 6.68. The van der Waals surface area contributed by atoms with Gasteiger partial charge in [0.1, 0.15) is 11.9 Å². The van der Waals surface area contributed by atoms with Crippen molar-refractivity contribution in [2.45, 2.75) is 71.0 Å². The van der Waals surface area contributed by atoms with E-state index in [4.69, 9.17) is 9.47 Å². The Bertz CT molecular complexity index is 831. The van der Waals surface area contributed by atoms with E-state index in [0.29, 0.717) is 24.7 Å². The lowest BCUT2D eigenvalue weighted by Gasteiger charge is -2.19. The van der Waals surface area contributed by atoms with E-state index in [1.807, 2.05) is 6.92 Å². The minimum atomic E-state index is -0.384. The number of aliphatic hydroxyl groups is 1. The first-order valence-electron chi connectivity index (χ1n) is 11.1. The number of hydrogen-bond donors (Lipinski definition) is 1. The summed E-state index contributed by atoms with van der Waals surface area (Å²) < 4.78 is 11.1. The summed E-state index contributed by atoms with van der Waals surface area (Å²) in [5.41, 5.74) is 2.34. The Hall–Kier alpha value is -2.25. The van der Waals surface area contributed by atoms with Gasteiger partial charge in [-0.05, 0) is 37.2 Å². The third kappa shape index (κ3) is 4.90. The summed E-state index contributed by atoms with van der Waals surface area (Å²) in [6, 6.07) is 6.28. The molecular weight excluding hydrogens is 376 g/mol. The molecule has 0 radical (unpaired) electrons. The van der Waals surface area contributed by atoms with Crippen molar-refractivity contribution in [2.24, 2.45) is 17.8 Å². The lowest BCUT2D eigenvalue weighted by Crippen LogP contribution is -2.17. The molecule has 4 nitrogen and oxygen atoms in total. The van der Waals surface area contributed by atoms with Crippen LogP contribution in [-0.4, -0.2) is 30.4 Å². The van der Waals surface area contributed by atoms with E-state index in [2.05, 4.69) is 56.0 Å². The van der Waals surface area contributed by atoms with Crippen molar-refractivity contribution in [1.82, 2.24) is 0 Å². The smallest absolute Gasteiger partial charge is 0.305 e. The number of ether oxygens (including phenoxy) is 2. The fourth-order valence-corrected chi connectivity index (χ4v) is 4.63. The van der Waals surface area contributed by atoms with Gasteiger partial charge in [-0.25, -0.2) is 0 Å². The molecule has 1 fully saturated rings. The van der Waals surface area contributed by atoms with E-state index in [0.717, 1.165) is 30.6 Å². The zero-order chi connectivity index (χ0) is 21.7. The maximum Gasteiger partial charge on any atom is 0.305 e. The van der Waals surface area contributed by atoms with Crippen LogP contribution in [0.15, 0.2) is 30.4 Å². The monoisotopic (exact) mass is 410 g/mol. The number of benzene rings is 1. The van der Waals surface area contributed by atoms with Crippen LogP contribution in [0.3, 0.4) is 0 Å². The number of carbonyl (C=O) groups excluding carboxylic acids is 1. The second kappa shape index (κ2) is 10.2. The maximum atomic E-state index is 11.4. The Morgan fingerprint density at radius 3 is 2.93 bits per heavy atom. The van der Waals surface area contributed by atoms with Gasteiger partial charge in [-0.15, -0.1) is 11.8 Å². The molecule has 162 valence electrons. The Kier molecular flexibility index (Phi) is 7.61.